The van der Waals surface area contributed by atoms with Crippen molar-refractivity contribution in [3.05, 3.63) is 57.3 Å². The maximum Gasteiger partial charge on any atom is 0.278 e. The molecule has 3 aromatic rings. The Bertz CT molecular complexity index is 1080. The Kier molecular flexibility index (Phi) is 4.80. The molecule has 0 aliphatic carbocycles. The zero-order chi connectivity index (χ0) is 19.8. The lowest BCUT2D eigenvalue weighted by atomic mass is 10.1. The lowest BCUT2D eigenvalue weighted by Gasteiger charge is -2.20. The molecular formula is C20H19BrN4O3. The number of rotatable bonds is 3. The molecule has 0 radical (unpaired) electrons. The first kappa shape index (κ1) is 18.5. The minimum absolute atomic E-state index is 0.266. The number of benzene rings is 2. The van der Waals surface area contributed by atoms with Crippen LogP contribution in [0.1, 0.15) is 27.3 Å². The molecule has 1 amide bonds. The van der Waals surface area contributed by atoms with Gasteiger partial charge in [-0.1, -0.05) is 17.7 Å². The van der Waals surface area contributed by atoms with Crippen molar-refractivity contribution in [2.45, 2.75) is 20.8 Å². The Morgan fingerprint density at radius 2 is 1.79 bits per heavy atom. The average molecular weight is 443 g/mol. The van der Waals surface area contributed by atoms with Gasteiger partial charge in [-0.25, -0.2) is 0 Å². The van der Waals surface area contributed by atoms with Gasteiger partial charge in [0.15, 0.2) is 17.2 Å². The van der Waals surface area contributed by atoms with Gasteiger partial charge in [-0.3, -0.25) is 4.79 Å². The minimum Gasteiger partial charge on any atom is -0.486 e. The number of hydrogen-bond donors (Lipinski definition) is 1. The number of fused-ring (bicyclic) bond motifs is 1. The van der Waals surface area contributed by atoms with Crippen LogP contribution in [0.4, 0.5) is 5.69 Å². The van der Waals surface area contributed by atoms with Crippen LogP contribution in [-0.2, 0) is 0 Å². The normalized spacial score (nSPS) is 12.7. The number of halogens is 1. The van der Waals surface area contributed by atoms with E-state index in [9.17, 15) is 4.79 Å². The average Bonchev–Trinajstić information content (AvgIpc) is 3.04. The summed E-state index contributed by atoms with van der Waals surface area (Å²) >= 11 is 3.46. The summed E-state index contributed by atoms with van der Waals surface area (Å²) in [6.07, 6.45) is 0. The lowest BCUT2D eigenvalue weighted by molar-refractivity contribution is 0.102. The second-order valence-electron chi connectivity index (χ2n) is 6.64. The first-order valence-electron chi connectivity index (χ1n) is 8.84. The molecule has 8 heteroatoms. The quantitative estimate of drug-likeness (QED) is 0.663. The highest BCUT2D eigenvalue weighted by atomic mass is 79.9. The molecule has 2 aromatic carbocycles. The number of aryl methyl sites for hydroxylation is 3. The molecule has 0 fully saturated rings. The molecule has 28 heavy (non-hydrogen) atoms. The molecule has 0 saturated carbocycles. The summed E-state index contributed by atoms with van der Waals surface area (Å²) in [6.45, 7) is 6.77. The van der Waals surface area contributed by atoms with E-state index in [0.717, 1.165) is 16.8 Å². The molecule has 1 aromatic heterocycles. The summed E-state index contributed by atoms with van der Waals surface area (Å²) in [5.74, 6) is 0.902. The predicted molar refractivity (Wildman–Crippen MR) is 109 cm³/mol. The van der Waals surface area contributed by atoms with Gasteiger partial charge in [0.1, 0.15) is 13.2 Å². The zero-order valence-electron chi connectivity index (χ0n) is 15.7. The molecule has 144 valence electrons. The molecule has 0 saturated heterocycles. The van der Waals surface area contributed by atoms with Gasteiger partial charge < -0.3 is 14.8 Å². The van der Waals surface area contributed by atoms with E-state index in [1.807, 2.05) is 26.0 Å². The van der Waals surface area contributed by atoms with Gasteiger partial charge in [0.05, 0.1) is 17.1 Å². The van der Waals surface area contributed by atoms with E-state index >= 15 is 0 Å². The molecule has 1 aliphatic rings. The standard InChI is InChI=1S/C20H19BrN4O3/c1-11-4-5-16(12(2)8-11)25-23-13(3)19(24-25)20(26)22-15-10-18-17(9-14(15)21)27-6-7-28-18/h4-5,8-10H,6-7H2,1-3H3,(H,22,26). The summed E-state index contributed by atoms with van der Waals surface area (Å²) in [7, 11) is 0. The number of anilines is 1. The SMILES string of the molecule is Cc1ccc(-n2nc(C)c(C(=O)Nc3cc4c(cc3Br)OCCO4)n2)c(C)c1. The van der Waals surface area contributed by atoms with E-state index in [1.165, 1.54) is 4.80 Å². The fraction of sp³-hybridized carbons (Fsp3) is 0.250. The third-order valence-corrected chi connectivity index (χ3v) is 5.10. The maximum absolute atomic E-state index is 12.8. The van der Waals surface area contributed by atoms with Crippen molar-refractivity contribution in [2.24, 2.45) is 0 Å². The highest BCUT2D eigenvalue weighted by Crippen LogP contribution is 2.38. The molecular weight excluding hydrogens is 424 g/mol. The zero-order valence-corrected chi connectivity index (χ0v) is 17.3. The van der Waals surface area contributed by atoms with Crippen molar-refractivity contribution in [3.8, 4) is 17.2 Å². The molecule has 0 spiro atoms. The topological polar surface area (TPSA) is 78.3 Å². The van der Waals surface area contributed by atoms with E-state index < -0.39 is 0 Å². The second kappa shape index (κ2) is 7.27. The van der Waals surface area contributed by atoms with Crippen LogP contribution < -0.4 is 14.8 Å². The predicted octanol–water partition coefficient (Wildman–Crippen LogP) is 3.98. The van der Waals surface area contributed by atoms with Gasteiger partial charge in [-0.15, -0.1) is 5.10 Å². The number of nitrogens with zero attached hydrogens (tertiary/aromatic N) is 3. The van der Waals surface area contributed by atoms with Crippen LogP contribution in [-0.4, -0.2) is 34.1 Å². The van der Waals surface area contributed by atoms with Gasteiger partial charge in [0, 0.05) is 16.6 Å². The Hall–Kier alpha value is -2.87. The van der Waals surface area contributed by atoms with Crippen molar-refractivity contribution in [1.29, 1.82) is 0 Å². The van der Waals surface area contributed by atoms with Crippen molar-refractivity contribution >= 4 is 27.5 Å². The maximum atomic E-state index is 12.8. The molecule has 7 nitrogen and oxygen atoms in total. The number of ether oxygens (including phenoxy) is 2. The lowest BCUT2D eigenvalue weighted by Crippen LogP contribution is -2.17. The highest BCUT2D eigenvalue weighted by Gasteiger charge is 2.20. The third-order valence-electron chi connectivity index (χ3n) is 4.45. The fourth-order valence-electron chi connectivity index (χ4n) is 3.07. The first-order valence-corrected chi connectivity index (χ1v) is 9.64. The summed E-state index contributed by atoms with van der Waals surface area (Å²) in [4.78, 5) is 14.3. The van der Waals surface area contributed by atoms with Crippen molar-refractivity contribution in [3.63, 3.8) is 0 Å². The summed E-state index contributed by atoms with van der Waals surface area (Å²) < 4.78 is 11.8. The van der Waals surface area contributed by atoms with E-state index in [4.69, 9.17) is 9.47 Å². The van der Waals surface area contributed by atoms with Crippen LogP contribution >= 0.6 is 15.9 Å². The number of amides is 1. The number of carbonyl (C=O) groups is 1. The van der Waals surface area contributed by atoms with E-state index in [-0.39, 0.29) is 11.6 Å². The number of carbonyl (C=O) groups excluding carboxylic acids is 1. The Balaban J connectivity index is 1.62. The molecule has 1 aliphatic heterocycles. The van der Waals surface area contributed by atoms with Crippen LogP contribution in [0.5, 0.6) is 11.5 Å². The van der Waals surface area contributed by atoms with Gasteiger partial charge >= 0.3 is 0 Å². The third kappa shape index (κ3) is 3.47. The summed E-state index contributed by atoms with van der Waals surface area (Å²) in [5.41, 5.74) is 4.43. The van der Waals surface area contributed by atoms with Crippen LogP contribution in [0.25, 0.3) is 5.69 Å². The molecule has 4 rings (SSSR count). The molecule has 1 N–H and O–H groups in total. The van der Waals surface area contributed by atoms with Gasteiger partial charge in [-0.2, -0.15) is 9.90 Å². The molecule has 0 bridgehead atoms. The van der Waals surface area contributed by atoms with Crippen LogP contribution in [0, 0.1) is 20.8 Å². The van der Waals surface area contributed by atoms with Crippen LogP contribution in [0.15, 0.2) is 34.8 Å². The molecule has 2 heterocycles. The number of hydrogen-bond acceptors (Lipinski definition) is 5. The fourth-order valence-corrected chi connectivity index (χ4v) is 3.49. The second-order valence-corrected chi connectivity index (χ2v) is 7.50. The van der Waals surface area contributed by atoms with Crippen LogP contribution in [0.2, 0.25) is 0 Å². The van der Waals surface area contributed by atoms with Gasteiger partial charge in [0.2, 0.25) is 0 Å². The highest BCUT2D eigenvalue weighted by molar-refractivity contribution is 9.10. The van der Waals surface area contributed by atoms with Gasteiger partial charge in [0.25, 0.3) is 5.91 Å². The van der Waals surface area contributed by atoms with Gasteiger partial charge in [-0.05, 0) is 48.3 Å². The minimum atomic E-state index is -0.342. The summed E-state index contributed by atoms with van der Waals surface area (Å²) in [6, 6.07) is 9.51. The monoisotopic (exact) mass is 442 g/mol. The molecule has 0 unspecified atom stereocenters. The molecule has 0 atom stereocenters. The van der Waals surface area contributed by atoms with Crippen LogP contribution in [0.3, 0.4) is 0 Å². The summed E-state index contributed by atoms with van der Waals surface area (Å²) in [5, 5.41) is 11.7. The van der Waals surface area contributed by atoms with E-state index in [1.54, 1.807) is 19.1 Å². The van der Waals surface area contributed by atoms with Crippen molar-refractivity contribution < 1.29 is 14.3 Å². The first-order chi connectivity index (χ1) is 13.4. The largest absolute Gasteiger partial charge is 0.486 e. The Morgan fingerprint density at radius 1 is 1.07 bits per heavy atom. The van der Waals surface area contributed by atoms with E-state index in [0.29, 0.717) is 40.6 Å². The van der Waals surface area contributed by atoms with Crippen molar-refractivity contribution in [1.82, 2.24) is 15.0 Å². The number of aromatic nitrogens is 3. The smallest absolute Gasteiger partial charge is 0.278 e. The van der Waals surface area contributed by atoms with E-state index in [2.05, 4.69) is 37.5 Å². The number of nitrogens with one attached hydrogen (secondary N) is 1. The van der Waals surface area contributed by atoms with Crippen molar-refractivity contribution in [2.75, 3.05) is 18.5 Å². The Labute approximate surface area is 170 Å². The Morgan fingerprint density at radius 3 is 2.50 bits per heavy atom.